The number of nitrogens with zero attached hydrogens (tertiary/aromatic N) is 2. The zero-order valence-corrected chi connectivity index (χ0v) is 11.6. The molecule has 0 aliphatic heterocycles. The van der Waals surface area contributed by atoms with Crippen molar-refractivity contribution < 1.29 is 9.52 Å². The van der Waals surface area contributed by atoms with Gasteiger partial charge in [0.2, 0.25) is 0 Å². The maximum absolute atomic E-state index is 11.9. The van der Waals surface area contributed by atoms with Gasteiger partial charge in [-0.25, -0.2) is 4.79 Å². The molecule has 0 saturated carbocycles. The van der Waals surface area contributed by atoms with Crippen LogP contribution in [0.25, 0.3) is 11.0 Å². The monoisotopic (exact) mass is 272 g/mol. The minimum atomic E-state index is -0.757. The molecular weight excluding hydrogens is 256 g/mol. The molecule has 0 aliphatic carbocycles. The van der Waals surface area contributed by atoms with Gasteiger partial charge in [0.25, 0.3) is 0 Å². The Bertz CT molecular complexity index is 839. The predicted molar refractivity (Wildman–Crippen MR) is 75.7 cm³/mol. The van der Waals surface area contributed by atoms with Crippen molar-refractivity contribution >= 4 is 11.0 Å². The standard InChI is InChI=1S/C15H16N2O3/c1-9-6-11(8-20-9)14(18)10-4-5-12-13(7-10)17(3)15(19)16(12)2/h4-8,14,18H,1-3H3. The third-order valence-electron chi connectivity index (χ3n) is 3.68. The van der Waals surface area contributed by atoms with Crippen molar-refractivity contribution in [3.8, 4) is 0 Å². The van der Waals surface area contributed by atoms with Crippen LogP contribution in [0.2, 0.25) is 0 Å². The van der Waals surface area contributed by atoms with E-state index in [2.05, 4.69) is 0 Å². The number of aromatic nitrogens is 2. The SMILES string of the molecule is Cc1cc(C(O)c2ccc3c(c2)n(C)c(=O)n3C)co1. The number of rotatable bonds is 2. The lowest BCUT2D eigenvalue weighted by atomic mass is 10.0. The molecule has 104 valence electrons. The van der Waals surface area contributed by atoms with Crippen molar-refractivity contribution in [1.82, 2.24) is 9.13 Å². The fourth-order valence-electron chi connectivity index (χ4n) is 2.49. The number of aryl methyl sites for hydroxylation is 3. The third-order valence-corrected chi connectivity index (χ3v) is 3.68. The quantitative estimate of drug-likeness (QED) is 0.774. The number of aliphatic hydroxyl groups excluding tert-OH is 1. The first-order valence-corrected chi connectivity index (χ1v) is 6.37. The van der Waals surface area contributed by atoms with Gasteiger partial charge in [-0.3, -0.25) is 9.13 Å². The molecule has 2 heterocycles. The van der Waals surface area contributed by atoms with Crippen LogP contribution in [0, 0.1) is 6.92 Å². The number of imidazole rings is 1. The molecule has 0 fully saturated rings. The van der Waals surface area contributed by atoms with Gasteiger partial charge < -0.3 is 9.52 Å². The molecule has 0 bridgehead atoms. The summed E-state index contributed by atoms with van der Waals surface area (Å²) in [5, 5.41) is 10.4. The number of hydrogen-bond donors (Lipinski definition) is 1. The zero-order valence-electron chi connectivity index (χ0n) is 11.6. The highest BCUT2D eigenvalue weighted by Gasteiger charge is 2.15. The fourth-order valence-corrected chi connectivity index (χ4v) is 2.49. The summed E-state index contributed by atoms with van der Waals surface area (Å²) in [5.41, 5.74) is 3.01. The molecule has 3 aromatic rings. The molecule has 1 atom stereocenters. The predicted octanol–water partition coefficient (Wildman–Crippen LogP) is 1.86. The van der Waals surface area contributed by atoms with Crippen LogP contribution in [0.1, 0.15) is 23.0 Å². The summed E-state index contributed by atoms with van der Waals surface area (Å²) in [7, 11) is 3.46. The summed E-state index contributed by atoms with van der Waals surface area (Å²) in [6.07, 6.45) is 0.793. The Morgan fingerprint density at radius 2 is 1.80 bits per heavy atom. The Labute approximate surface area is 115 Å². The van der Waals surface area contributed by atoms with Crippen molar-refractivity contribution in [3.63, 3.8) is 0 Å². The average Bonchev–Trinajstić information content (AvgIpc) is 2.97. The number of fused-ring (bicyclic) bond motifs is 1. The number of benzene rings is 1. The maximum Gasteiger partial charge on any atom is 0.328 e. The van der Waals surface area contributed by atoms with Crippen molar-refractivity contribution in [2.75, 3.05) is 0 Å². The number of aliphatic hydroxyl groups is 1. The summed E-state index contributed by atoms with van der Waals surface area (Å²) in [6.45, 7) is 1.83. The summed E-state index contributed by atoms with van der Waals surface area (Å²) < 4.78 is 8.39. The van der Waals surface area contributed by atoms with Crippen molar-refractivity contribution in [3.05, 3.63) is 57.9 Å². The Morgan fingerprint density at radius 3 is 2.45 bits per heavy atom. The minimum absolute atomic E-state index is 0.0780. The normalized spacial score (nSPS) is 13.0. The van der Waals surface area contributed by atoms with Gasteiger partial charge in [-0.05, 0) is 30.7 Å². The van der Waals surface area contributed by atoms with E-state index in [0.717, 1.165) is 22.4 Å². The Balaban J connectivity index is 2.14. The third kappa shape index (κ3) is 1.78. The molecule has 20 heavy (non-hydrogen) atoms. The molecular formula is C15H16N2O3. The van der Waals surface area contributed by atoms with Crippen LogP contribution < -0.4 is 5.69 Å². The van der Waals surface area contributed by atoms with Gasteiger partial charge in [0, 0.05) is 19.7 Å². The molecule has 0 aliphatic rings. The summed E-state index contributed by atoms with van der Waals surface area (Å²) in [5.74, 6) is 0.757. The highest BCUT2D eigenvalue weighted by Crippen LogP contribution is 2.26. The largest absolute Gasteiger partial charge is 0.469 e. The Hall–Kier alpha value is -2.27. The van der Waals surface area contributed by atoms with Gasteiger partial charge in [-0.2, -0.15) is 0 Å². The van der Waals surface area contributed by atoms with Gasteiger partial charge in [0.15, 0.2) is 0 Å². The average molecular weight is 272 g/mol. The van der Waals surface area contributed by atoms with Crippen LogP contribution in [-0.2, 0) is 14.1 Å². The molecule has 1 aromatic carbocycles. The second-order valence-electron chi connectivity index (χ2n) is 5.04. The van der Waals surface area contributed by atoms with Crippen molar-refractivity contribution in [1.29, 1.82) is 0 Å². The molecule has 5 nitrogen and oxygen atoms in total. The maximum atomic E-state index is 11.9. The molecule has 1 unspecified atom stereocenters. The molecule has 0 radical (unpaired) electrons. The molecule has 0 saturated heterocycles. The van der Waals surface area contributed by atoms with E-state index in [9.17, 15) is 9.90 Å². The zero-order chi connectivity index (χ0) is 14.4. The molecule has 0 spiro atoms. The first kappa shape index (κ1) is 12.7. The van der Waals surface area contributed by atoms with E-state index < -0.39 is 6.10 Å². The molecule has 5 heteroatoms. The van der Waals surface area contributed by atoms with E-state index in [4.69, 9.17) is 4.42 Å². The van der Waals surface area contributed by atoms with Crippen molar-refractivity contribution in [2.24, 2.45) is 14.1 Å². The minimum Gasteiger partial charge on any atom is -0.469 e. The van der Waals surface area contributed by atoms with Crippen LogP contribution in [-0.4, -0.2) is 14.2 Å². The first-order chi connectivity index (χ1) is 9.49. The highest BCUT2D eigenvalue weighted by atomic mass is 16.3. The Kier molecular flexibility index (Phi) is 2.79. The molecule has 3 rings (SSSR count). The second kappa shape index (κ2) is 4.38. The van der Waals surface area contributed by atoms with Gasteiger partial charge in [0.1, 0.15) is 11.9 Å². The molecule has 0 amide bonds. The van der Waals surface area contributed by atoms with Crippen LogP contribution >= 0.6 is 0 Å². The topological polar surface area (TPSA) is 60.3 Å². The summed E-state index contributed by atoms with van der Waals surface area (Å²) in [6, 6.07) is 7.32. The fraction of sp³-hybridized carbons (Fsp3) is 0.267. The molecule has 1 N–H and O–H groups in total. The van der Waals surface area contributed by atoms with Crippen LogP contribution in [0.4, 0.5) is 0 Å². The first-order valence-electron chi connectivity index (χ1n) is 6.37. The van der Waals surface area contributed by atoms with E-state index in [1.165, 1.54) is 0 Å². The second-order valence-corrected chi connectivity index (χ2v) is 5.04. The summed E-state index contributed by atoms with van der Waals surface area (Å²) >= 11 is 0. The van der Waals surface area contributed by atoms with E-state index in [1.807, 2.05) is 25.1 Å². The smallest absolute Gasteiger partial charge is 0.328 e. The van der Waals surface area contributed by atoms with Gasteiger partial charge in [0.05, 0.1) is 17.3 Å². The van der Waals surface area contributed by atoms with Gasteiger partial charge in [-0.1, -0.05) is 6.07 Å². The van der Waals surface area contributed by atoms with Crippen LogP contribution in [0.15, 0.2) is 39.7 Å². The Morgan fingerprint density at radius 1 is 1.10 bits per heavy atom. The lowest BCUT2D eigenvalue weighted by Crippen LogP contribution is -2.19. The van der Waals surface area contributed by atoms with E-state index in [-0.39, 0.29) is 5.69 Å². The summed E-state index contributed by atoms with van der Waals surface area (Å²) in [4.78, 5) is 11.9. The molecule has 2 aromatic heterocycles. The van der Waals surface area contributed by atoms with Crippen LogP contribution in [0.3, 0.4) is 0 Å². The van der Waals surface area contributed by atoms with E-state index in [1.54, 1.807) is 35.6 Å². The lowest BCUT2D eigenvalue weighted by molar-refractivity contribution is 0.219. The van der Waals surface area contributed by atoms with Gasteiger partial charge >= 0.3 is 5.69 Å². The van der Waals surface area contributed by atoms with Gasteiger partial charge in [-0.15, -0.1) is 0 Å². The van der Waals surface area contributed by atoms with E-state index >= 15 is 0 Å². The van der Waals surface area contributed by atoms with E-state index in [0.29, 0.717) is 5.56 Å². The number of hydrogen-bond acceptors (Lipinski definition) is 3. The number of furan rings is 1. The van der Waals surface area contributed by atoms with Crippen LogP contribution in [0.5, 0.6) is 0 Å². The highest BCUT2D eigenvalue weighted by molar-refractivity contribution is 5.77. The van der Waals surface area contributed by atoms with Crippen molar-refractivity contribution in [2.45, 2.75) is 13.0 Å². The lowest BCUT2D eigenvalue weighted by Gasteiger charge is -2.09.